The zero-order valence-electron chi connectivity index (χ0n) is 13.3. The van der Waals surface area contributed by atoms with E-state index < -0.39 is 0 Å². The quantitative estimate of drug-likeness (QED) is 0.694. The first kappa shape index (κ1) is 16.0. The minimum atomic E-state index is 0.0966. The van der Waals surface area contributed by atoms with Gasteiger partial charge >= 0.3 is 0 Å². The van der Waals surface area contributed by atoms with Crippen LogP contribution < -0.4 is 5.32 Å². The summed E-state index contributed by atoms with van der Waals surface area (Å²) in [5.41, 5.74) is 0.444. The van der Waals surface area contributed by atoms with Crippen molar-refractivity contribution in [1.29, 1.82) is 0 Å². The van der Waals surface area contributed by atoms with Crippen molar-refractivity contribution >= 4 is 0 Å². The summed E-state index contributed by atoms with van der Waals surface area (Å²) in [7, 11) is 0. The molecular formula is C16H33NO. The summed E-state index contributed by atoms with van der Waals surface area (Å²) in [6.07, 6.45) is 5.28. The van der Waals surface area contributed by atoms with Gasteiger partial charge in [0, 0.05) is 6.54 Å². The maximum Gasteiger partial charge on any atom is 0.0631 e. The highest BCUT2D eigenvalue weighted by Gasteiger charge is 2.37. The van der Waals surface area contributed by atoms with Crippen LogP contribution in [-0.4, -0.2) is 24.8 Å². The Bertz CT molecular complexity index is 249. The lowest BCUT2D eigenvalue weighted by molar-refractivity contribution is -0.0395. The highest BCUT2D eigenvalue weighted by Crippen LogP contribution is 2.39. The molecule has 2 heteroatoms. The third-order valence-corrected chi connectivity index (χ3v) is 4.60. The van der Waals surface area contributed by atoms with E-state index in [2.05, 4.69) is 46.9 Å². The maximum absolute atomic E-state index is 6.17. The molecule has 0 radical (unpaired) electrons. The van der Waals surface area contributed by atoms with Gasteiger partial charge in [-0.2, -0.15) is 0 Å². The first-order valence-electron chi connectivity index (χ1n) is 7.67. The van der Waals surface area contributed by atoms with Crippen molar-refractivity contribution in [2.75, 3.05) is 13.1 Å². The molecule has 0 aromatic carbocycles. The highest BCUT2D eigenvalue weighted by molar-refractivity contribution is 4.88. The van der Waals surface area contributed by atoms with Crippen molar-refractivity contribution in [2.45, 2.75) is 78.9 Å². The smallest absolute Gasteiger partial charge is 0.0631 e. The molecule has 1 aliphatic rings. The number of hydrogen-bond acceptors (Lipinski definition) is 2. The third-order valence-electron chi connectivity index (χ3n) is 4.60. The van der Waals surface area contributed by atoms with Crippen molar-refractivity contribution in [2.24, 2.45) is 11.3 Å². The van der Waals surface area contributed by atoms with Crippen LogP contribution in [-0.2, 0) is 4.74 Å². The monoisotopic (exact) mass is 255 g/mol. The summed E-state index contributed by atoms with van der Waals surface area (Å²) in [4.78, 5) is 0. The van der Waals surface area contributed by atoms with Crippen LogP contribution in [0.4, 0.5) is 0 Å². The fourth-order valence-corrected chi connectivity index (χ4v) is 2.80. The minimum Gasteiger partial charge on any atom is -0.372 e. The van der Waals surface area contributed by atoms with Gasteiger partial charge in [-0.15, -0.1) is 0 Å². The van der Waals surface area contributed by atoms with Crippen LogP contribution in [0.2, 0.25) is 0 Å². The van der Waals surface area contributed by atoms with Crippen LogP contribution in [0.5, 0.6) is 0 Å². The van der Waals surface area contributed by atoms with E-state index in [1.165, 1.54) is 25.7 Å². The van der Waals surface area contributed by atoms with Crippen LogP contribution in [0, 0.1) is 11.3 Å². The van der Waals surface area contributed by atoms with Gasteiger partial charge < -0.3 is 10.1 Å². The Morgan fingerprint density at radius 2 is 2.06 bits per heavy atom. The second kappa shape index (κ2) is 6.38. The predicted octanol–water partition coefficient (Wildman–Crippen LogP) is 4.00. The number of rotatable bonds is 7. The Morgan fingerprint density at radius 1 is 1.39 bits per heavy atom. The Hall–Kier alpha value is -0.0800. The van der Waals surface area contributed by atoms with E-state index >= 15 is 0 Å². The molecule has 2 unspecified atom stereocenters. The van der Waals surface area contributed by atoms with Gasteiger partial charge in [-0.25, -0.2) is 0 Å². The molecule has 108 valence electrons. The molecule has 0 amide bonds. The normalized spacial score (nSPS) is 26.5. The summed E-state index contributed by atoms with van der Waals surface area (Å²) in [6, 6.07) is 0. The first-order valence-corrected chi connectivity index (χ1v) is 7.67. The maximum atomic E-state index is 6.17. The molecule has 1 fully saturated rings. The van der Waals surface area contributed by atoms with Gasteiger partial charge in [0.2, 0.25) is 0 Å². The summed E-state index contributed by atoms with van der Waals surface area (Å²) in [6.45, 7) is 16.0. The van der Waals surface area contributed by atoms with Crippen LogP contribution in [0.1, 0.15) is 67.2 Å². The fourth-order valence-electron chi connectivity index (χ4n) is 2.80. The molecule has 1 heterocycles. The van der Waals surface area contributed by atoms with Crippen molar-refractivity contribution in [3.8, 4) is 0 Å². The molecule has 1 saturated heterocycles. The van der Waals surface area contributed by atoms with Gasteiger partial charge in [0.1, 0.15) is 0 Å². The van der Waals surface area contributed by atoms with Crippen molar-refractivity contribution < 1.29 is 4.74 Å². The molecule has 1 N–H and O–H groups in total. The second-order valence-corrected chi connectivity index (χ2v) is 7.23. The minimum absolute atomic E-state index is 0.0966. The van der Waals surface area contributed by atoms with Crippen molar-refractivity contribution in [3.05, 3.63) is 0 Å². The SMILES string of the molecule is CCCNCC(C)(CC1CCC(C)(C)O1)C(C)C. The molecule has 0 aliphatic carbocycles. The number of nitrogens with one attached hydrogen (secondary N) is 1. The van der Waals surface area contributed by atoms with Crippen LogP contribution in [0.15, 0.2) is 0 Å². The zero-order chi connectivity index (χ0) is 13.8. The van der Waals surface area contributed by atoms with Gasteiger partial charge in [-0.05, 0) is 57.4 Å². The van der Waals surface area contributed by atoms with Crippen molar-refractivity contribution in [3.63, 3.8) is 0 Å². The largest absolute Gasteiger partial charge is 0.372 e. The second-order valence-electron chi connectivity index (χ2n) is 7.23. The third kappa shape index (κ3) is 4.55. The van der Waals surface area contributed by atoms with Gasteiger partial charge in [0.25, 0.3) is 0 Å². The molecule has 0 bridgehead atoms. The van der Waals surface area contributed by atoms with Crippen molar-refractivity contribution in [1.82, 2.24) is 5.32 Å². The summed E-state index contributed by atoms with van der Waals surface area (Å²) in [5, 5.41) is 3.60. The lowest BCUT2D eigenvalue weighted by Gasteiger charge is -2.36. The number of ether oxygens (including phenoxy) is 1. The van der Waals surface area contributed by atoms with Crippen LogP contribution in [0.25, 0.3) is 0 Å². The molecular weight excluding hydrogens is 222 g/mol. The highest BCUT2D eigenvalue weighted by atomic mass is 16.5. The molecule has 0 spiro atoms. The molecule has 0 aromatic rings. The fraction of sp³-hybridized carbons (Fsp3) is 1.00. The van der Waals surface area contributed by atoms with E-state index in [4.69, 9.17) is 4.74 Å². The van der Waals surface area contributed by atoms with Gasteiger partial charge in [0.15, 0.2) is 0 Å². The molecule has 0 saturated carbocycles. The van der Waals surface area contributed by atoms with Gasteiger partial charge in [0.05, 0.1) is 11.7 Å². The number of hydrogen-bond donors (Lipinski definition) is 1. The summed E-state index contributed by atoms with van der Waals surface area (Å²) < 4.78 is 6.17. The Labute approximate surface area is 114 Å². The molecule has 18 heavy (non-hydrogen) atoms. The standard InChI is InChI=1S/C16H33NO/c1-7-10-17-12-16(6,13(2)3)11-14-8-9-15(4,5)18-14/h13-14,17H,7-12H2,1-6H3. The molecule has 1 aliphatic heterocycles. The van der Waals surface area contributed by atoms with E-state index in [1.54, 1.807) is 0 Å². The van der Waals surface area contributed by atoms with E-state index in [9.17, 15) is 0 Å². The van der Waals surface area contributed by atoms with Crippen LogP contribution in [0.3, 0.4) is 0 Å². The van der Waals surface area contributed by atoms with E-state index in [0.717, 1.165) is 13.1 Å². The van der Waals surface area contributed by atoms with Crippen LogP contribution >= 0.6 is 0 Å². The first-order chi connectivity index (χ1) is 8.29. The van der Waals surface area contributed by atoms with Gasteiger partial charge in [-0.1, -0.05) is 27.7 Å². The molecule has 2 nitrogen and oxygen atoms in total. The summed E-state index contributed by atoms with van der Waals surface area (Å²) >= 11 is 0. The van der Waals surface area contributed by atoms with E-state index in [0.29, 0.717) is 17.4 Å². The summed E-state index contributed by atoms with van der Waals surface area (Å²) in [5.74, 6) is 0.689. The van der Waals surface area contributed by atoms with E-state index in [1.807, 2.05) is 0 Å². The molecule has 1 rings (SSSR count). The molecule has 2 atom stereocenters. The lowest BCUT2D eigenvalue weighted by Crippen LogP contribution is -2.39. The average Bonchev–Trinajstić information content (AvgIpc) is 2.58. The Morgan fingerprint density at radius 3 is 2.50 bits per heavy atom. The average molecular weight is 255 g/mol. The molecule has 0 aromatic heterocycles. The topological polar surface area (TPSA) is 21.3 Å². The van der Waals surface area contributed by atoms with E-state index in [-0.39, 0.29) is 5.60 Å². The lowest BCUT2D eigenvalue weighted by atomic mass is 9.74. The Balaban J connectivity index is 2.52. The predicted molar refractivity (Wildman–Crippen MR) is 78.9 cm³/mol. The zero-order valence-corrected chi connectivity index (χ0v) is 13.3. The Kier molecular flexibility index (Phi) is 5.67. The van der Waals surface area contributed by atoms with Gasteiger partial charge in [-0.3, -0.25) is 0 Å².